The van der Waals surface area contributed by atoms with Crippen LogP contribution in [0.4, 0.5) is 5.69 Å². The molecule has 3 N–H and O–H groups in total. The molecule has 0 spiro atoms. The van der Waals surface area contributed by atoms with Gasteiger partial charge in [-0.05, 0) is 60.4 Å². The molecule has 0 radical (unpaired) electrons. The van der Waals surface area contributed by atoms with Gasteiger partial charge < -0.3 is 5.43 Å². The van der Waals surface area contributed by atoms with Crippen molar-refractivity contribution in [3.8, 4) is 0 Å². The zero-order valence-electron chi connectivity index (χ0n) is 15.1. The predicted molar refractivity (Wildman–Crippen MR) is 109 cm³/mol. The molecule has 0 fully saturated rings. The third-order valence-corrected chi connectivity index (χ3v) is 5.76. The van der Waals surface area contributed by atoms with Gasteiger partial charge in [0.05, 0.1) is 5.69 Å². The zero-order chi connectivity index (χ0) is 17.8. The number of rotatable bonds is 5. The van der Waals surface area contributed by atoms with Crippen LogP contribution in [-0.4, -0.2) is 0 Å². The van der Waals surface area contributed by atoms with E-state index < -0.39 is 0 Å². The average Bonchev–Trinajstić information content (AvgIpc) is 2.69. The Morgan fingerprint density at radius 1 is 0.769 bits per heavy atom. The van der Waals surface area contributed by atoms with Crippen molar-refractivity contribution >= 4 is 5.69 Å². The maximum Gasteiger partial charge on any atom is 0.0520 e. The van der Waals surface area contributed by atoms with Gasteiger partial charge in [-0.1, -0.05) is 72.8 Å². The van der Waals surface area contributed by atoms with Gasteiger partial charge in [0.2, 0.25) is 0 Å². The Morgan fingerprint density at radius 3 is 1.96 bits per heavy atom. The summed E-state index contributed by atoms with van der Waals surface area (Å²) in [6.07, 6.45) is 5.62. The highest BCUT2D eigenvalue weighted by atomic mass is 15.2. The minimum atomic E-state index is 0.114. The summed E-state index contributed by atoms with van der Waals surface area (Å²) in [7, 11) is 0. The summed E-state index contributed by atoms with van der Waals surface area (Å²) in [5.41, 5.74) is 9.78. The van der Waals surface area contributed by atoms with E-state index >= 15 is 0 Å². The summed E-state index contributed by atoms with van der Waals surface area (Å²) >= 11 is 0. The van der Waals surface area contributed by atoms with E-state index in [2.05, 4.69) is 84.3 Å². The SMILES string of the molecule is NNc1cccc2c1CCCC2(Cc1ccccc1)Cc1ccccc1. The van der Waals surface area contributed by atoms with Gasteiger partial charge >= 0.3 is 0 Å². The highest BCUT2D eigenvalue weighted by molar-refractivity contribution is 5.57. The number of hydrazine groups is 1. The Bertz CT molecular complexity index is 814. The maximum atomic E-state index is 5.82. The van der Waals surface area contributed by atoms with E-state index in [0.29, 0.717) is 0 Å². The Hall–Kier alpha value is -2.58. The lowest BCUT2D eigenvalue weighted by Crippen LogP contribution is -2.36. The maximum absolute atomic E-state index is 5.82. The summed E-state index contributed by atoms with van der Waals surface area (Å²) in [6.45, 7) is 0. The second-order valence-electron chi connectivity index (χ2n) is 7.43. The summed E-state index contributed by atoms with van der Waals surface area (Å²) in [4.78, 5) is 0. The molecule has 132 valence electrons. The van der Waals surface area contributed by atoms with E-state index in [4.69, 9.17) is 5.84 Å². The fraction of sp³-hybridized carbons (Fsp3) is 0.250. The van der Waals surface area contributed by atoms with Crippen LogP contribution >= 0.6 is 0 Å². The monoisotopic (exact) mass is 342 g/mol. The first-order chi connectivity index (χ1) is 12.8. The van der Waals surface area contributed by atoms with Crippen molar-refractivity contribution in [1.82, 2.24) is 0 Å². The molecule has 0 saturated heterocycles. The third kappa shape index (κ3) is 3.25. The molecule has 0 saturated carbocycles. The molecule has 0 unspecified atom stereocenters. The number of nitrogens with two attached hydrogens (primary N) is 1. The standard InChI is InChI=1S/C24H26N2/c25-26-23-15-7-14-22-21(23)13-8-16-24(22,17-19-9-3-1-4-10-19)18-20-11-5-2-6-12-20/h1-7,9-12,14-15,26H,8,13,16-18,25H2. The fourth-order valence-corrected chi connectivity index (χ4v) is 4.63. The number of anilines is 1. The Balaban J connectivity index is 1.82. The van der Waals surface area contributed by atoms with E-state index in [-0.39, 0.29) is 5.41 Å². The third-order valence-electron chi connectivity index (χ3n) is 5.76. The highest BCUT2D eigenvalue weighted by Crippen LogP contribution is 2.44. The molecule has 3 aromatic carbocycles. The van der Waals surface area contributed by atoms with Crippen molar-refractivity contribution in [3.63, 3.8) is 0 Å². The smallest absolute Gasteiger partial charge is 0.0520 e. The molecule has 0 atom stereocenters. The van der Waals surface area contributed by atoms with E-state index in [0.717, 1.165) is 24.9 Å². The van der Waals surface area contributed by atoms with Crippen LogP contribution in [0.5, 0.6) is 0 Å². The first-order valence-corrected chi connectivity index (χ1v) is 9.48. The second-order valence-corrected chi connectivity index (χ2v) is 7.43. The second kappa shape index (κ2) is 7.35. The van der Waals surface area contributed by atoms with Gasteiger partial charge in [0.1, 0.15) is 0 Å². The van der Waals surface area contributed by atoms with Crippen molar-refractivity contribution in [2.24, 2.45) is 5.84 Å². The molecule has 0 aromatic heterocycles. The molecule has 1 aliphatic rings. The van der Waals surface area contributed by atoms with Gasteiger partial charge in [-0.25, -0.2) is 0 Å². The lowest BCUT2D eigenvalue weighted by Gasteiger charge is -2.40. The van der Waals surface area contributed by atoms with Crippen molar-refractivity contribution < 1.29 is 0 Å². The Labute approximate surface area is 156 Å². The average molecular weight is 342 g/mol. The summed E-state index contributed by atoms with van der Waals surface area (Å²) in [5, 5.41) is 0. The van der Waals surface area contributed by atoms with E-state index in [1.165, 1.54) is 35.1 Å². The van der Waals surface area contributed by atoms with E-state index in [9.17, 15) is 0 Å². The molecule has 0 heterocycles. The van der Waals surface area contributed by atoms with Crippen LogP contribution in [0.2, 0.25) is 0 Å². The van der Waals surface area contributed by atoms with Gasteiger partial charge in [-0.2, -0.15) is 0 Å². The molecular formula is C24H26N2. The van der Waals surface area contributed by atoms with Gasteiger partial charge in [0, 0.05) is 5.41 Å². The molecule has 2 heteroatoms. The number of hydrogen-bond donors (Lipinski definition) is 2. The highest BCUT2D eigenvalue weighted by Gasteiger charge is 2.37. The largest absolute Gasteiger partial charge is 0.324 e. The predicted octanol–water partition coefficient (Wildman–Crippen LogP) is 5.03. The van der Waals surface area contributed by atoms with E-state index in [1.807, 2.05) is 0 Å². The topological polar surface area (TPSA) is 38.0 Å². The molecule has 3 aromatic rings. The molecule has 1 aliphatic carbocycles. The first kappa shape index (κ1) is 16.9. The lowest BCUT2D eigenvalue weighted by molar-refractivity contribution is 0.353. The van der Waals surface area contributed by atoms with Crippen LogP contribution < -0.4 is 11.3 Å². The van der Waals surface area contributed by atoms with Crippen molar-refractivity contribution in [2.45, 2.75) is 37.5 Å². The number of benzene rings is 3. The molecule has 0 bridgehead atoms. The number of nitrogen functional groups attached to an aromatic ring is 1. The number of fused-ring (bicyclic) bond motifs is 1. The molecule has 0 aliphatic heterocycles. The van der Waals surface area contributed by atoms with Crippen molar-refractivity contribution in [3.05, 3.63) is 101 Å². The molecule has 2 nitrogen and oxygen atoms in total. The Kier molecular flexibility index (Phi) is 4.77. The lowest BCUT2D eigenvalue weighted by atomic mass is 9.63. The molecular weight excluding hydrogens is 316 g/mol. The van der Waals surface area contributed by atoms with Crippen LogP contribution in [0.1, 0.15) is 35.1 Å². The summed E-state index contributed by atoms with van der Waals surface area (Å²) in [5.74, 6) is 5.82. The van der Waals surface area contributed by atoms with Crippen LogP contribution in [0.3, 0.4) is 0 Å². The zero-order valence-corrected chi connectivity index (χ0v) is 15.1. The van der Waals surface area contributed by atoms with E-state index in [1.54, 1.807) is 0 Å². The van der Waals surface area contributed by atoms with Crippen LogP contribution in [0.25, 0.3) is 0 Å². The van der Waals surface area contributed by atoms with Crippen LogP contribution in [-0.2, 0) is 24.7 Å². The van der Waals surface area contributed by atoms with Crippen LogP contribution in [0, 0.1) is 0 Å². The number of nitrogens with one attached hydrogen (secondary N) is 1. The number of hydrogen-bond acceptors (Lipinski definition) is 2. The van der Waals surface area contributed by atoms with Gasteiger partial charge in [-0.15, -0.1) is 0 Å². The quantitative estimate of drug-likeness (QED) is 0.504. The molecule has 0 amide bonds. The van der Waals surface area contributed by atoms with Gasteiger partial charge in [0.25, 0.3) is 0 Å². The normalized spacial score (nSPS) is 15.3. The minimum absolute atomic E-state index is 0.114. The Morgan fingerprint density at radius 2 is 1.38 bits per heavy atom. The van der Waals surface area contributed by atoms with Crippen molar-refractivity contribution in [1.29, 1.82) is 0 Å². The molecule has 26 heavy (non-hydrogen) atoms. The van der Waals surface area contributed by atoms with Crippen molar-refractivity contribution in [2.75, 3.05) is 5.43 Å². The minimum Gasteiger partial charge on any atom is -0.324 e. The van der Waals surface area contributed by atoms with Gasteiger partial charge in [0.15, 0.2) is 0 Å². The summed E-state index contributed by atoms with van der Waals surface area (Å²) < 4.78 is 0. The first-order valence-electron chi connectivity index (χ1n) is 9.48. The molecule has 4 rings (SSSR count). The fourth-order valence-electron chi connectivity index (χ4n) is 4.63. The van der Waals surface area contributed by atoms with Crippen LogP contribution in [0.15, 0.2) is 78.9 Å². The summed E-state index contributed by atoms with van der Waals surface area (Å²) in [6, 6.07) is 28.4. The van der Waals surface area contributed by atoms with Gasteiger partial charge in [-0.3, -0.25) is 5.84 Å².